The normalized spacial score (nSPS) is 13.0. The average molecular weight is 723 g/mol. The van der Waals surface area contributed by atoms with Gasteiger partial charge in [0, 0.05) is 6.42 Å². The molecule has 9 heteroatoms. The zero-order valence-electron chi connectivity index (χ0n) is 32.0. The van der Waals surface area contributed by atoms with Gasteiger partial charge in [-0.15, -0.1) is 0 Å². The molecule has 0 aromatic heterocycles. The van der Waals surface area contributed by atoms with Crippen LogP contribution in [0.25, 0.3) is 0 Å². The number of ether oxygens (including phenoxy) is 2. The van der Waals surface area contributed by atoms with Crippen LogP contribution in [0.3, 0.4) is 0 Å². The van der Waals surface area contributed by atoms with Gasteiger partial charge >= 0.3 is 19.7 Å². The standard InChI is InChI=1S/C40H77F2O6P/c1-4-7-9-11-13-15-17-19-21-23-25-27-29-31-33-35-37-46-40(39(41,42)6-3,48-49(43,44)45)47-38-36-34-32-30-28-26-24-22-20-18-16-14-12-10-8-5-2/h19-22H,4-18,23-38H2,1-3H3,(H2,43,44,45)/b21-19-,22-20-. The van der Waals surface area contributed by atoms with Crippen molar-refractivity contribution >= 4 is 7.82 Å². The highest BCUT2D eigenvalue weighted by Gasteiger charge is 2.60. The van der Waals surface area contributed by atoms with Gasteiger partial charge in [0.2, 0.25) is 0 Å². The van der Waals surface area contributed by atoms with Crippen molar-refractivity contribution in [3.63, 3.8) is 0 Å². The van der Waals surface area contributed by atoms with Gasteiger partial charge in [-0.1, -0.05) is 161 Å². The van der Waals surface area contributed by atoms with Crippen LogP contribution in [0.1, 0.15) is 207 Å². The Morgan fingerprint density at radius 1 is 0.490 bits per heavy atom. The van der Waals surface area contributed by atoms with Crippen molar-refractivity contribution in [1.29, 1.82) is 0 Å². The van der Waals surface area contributed by atoms with Gasteiger partial charge in [0.05, 0.1) is 13.2 Å². The first-order chi connectivity index (χ1) is 23.6. The van der Waals surface area contributed by atoms with Crippen LogP contribution < -0.4 is 0 Å². The maximum Gasteiger partial charge on any atom is 0.474 e. The van der Waals surface area contributed by atoms with E-state index >= 15 is 8.78 Å². The number of alkyl halides is 2. The van der Waals surface area contributed by atoms with Crippen molar-refractivity contribution < 1.29 is 37.1 Å². The van der Waals surface area contributed by atoms with E-state index in [1.54, 1.807) is 0 Å². The molecule has 0 spiro atoms. The van der Waals surface area contributed by atoms with Crippen molar-refractivity contribution in [2.24, 2.45) is 0 Å². The van der Waals surface area contributed by atoms with Crippen LogP contribution in [0, 0.1) is 0 Å². The van der Waals surface area contributed by atoms with E-state index in [-0.39, 0.29) is 13.2 Å². The van der Waals surface area contributed by atoms with Gasteiger partial charge in [0.1, 0.15) is 0 Å². The summed E-state index contributed by atoms with van der Waals surface area (Å²) in [6.07, 6.45) is 39.7. The minimum Gasteiger partial charge on any atom is -0.322 e. The largest absolute Gasteiger partial charge is 0.474 e. The lowest BCUT2D eigenvalue weighted by molar-refractivity contribution is -0.429. The molecule has 0 heterocycles. The molecule has 2 N–H and O–H groups in total. The van der Waals surface area contributed by atoms with E-state index < -0.39 is 26.1 Å². The Bertz CT molecular complexity index is 773. The molecule has 49 heavy (non-hydrogen) atoms. The zero-order valence-corrected chi connectivity index (χ0v) is 32.9. The van der Waals surface area contributed by atoms with E-state index in [1.807, 2.05) is 0 Å². The second kappa shape index (κ2) is 33.2. The Morgan fingerprint density at radius 3 is 1.06 bits per heavy atom. The molecule has 292 valence electrons. The summed E-state index contributed by atoms with van der Waals surface area (Å²) in [5.41, 5.74) is 0. The third kappa shape index (κ3) is 29.6. The lowest BCUT2D eigenvalue weighted by Gasteiger charge is -2.38. The maximum absolute atomic E-state index is 15.1. The fraction of sp³-hybridized carbons (Fsp3) is 0.900. The molecular weight excluding hydrogens is 645 g/mol. The number of rotatable bonds is 38. The van der Waals surface area contributed by atoms with E-state index in [1.165, 1.54) is 84.0 Å². The van der Waals surface area contributed by atoms with Crippen molar-refractivity contribution in [1.82, 2.24) is 0 Å². The molecule has 0 radical (unpaired) electrons. The van der Waals surface area contributed by atoms with Crippen LogP contribution in [0.2, 0.25) is 0 Å². The Balaban J connectivity index is 4.28. The fourth-order valence-corrected chi connectivity index (χ4v) is 6.41. The average Bonchev–Trinajstić information content (AvgIpc) is 3.06. The lowest BCUT2D eigenvalue weighted by atomic mass is 10.1. The molecule has 0 aromatic carbocycles. The summed E-state index contributed by atoms with van der Waals surface area (Å²) in [5, 5.41) is 0. The topological polar surface area (TPSA) is 85.2 Å². The lowest BCUT2D eigenvalue weighted by Crippen LogP contribution is -2.54. The number of allylic oxidation sites excluding steroid dienone is 4. The second-order valence-electron chi connectivity index (χ2n) is 13.8. The molecule has 0 aromatic rings. The van der Waals surface area contributed by atoms with Gasteiger partial charge in [-0.25, -0.2) is 9.09 Å². The molecule has 0 atom stereocenters. The zero-order chi connectivity index (χ0) is 36.4. The van der Waals surface area contributed by atoms with Crippen LogP contribution in [-0.4, -0.2) is 34.9 Å². The molecule has 0 amide bonds. The number of unbranched alkanes of at least 4 members (excludes halogenated alkanes) is 24. The van der Waals surface area contributed by atoms with Crippen LogP contribution in [0.15, 0.2) is 24.3 Å². The van der Waals surface area contributed by atoms with Gasteiger partial charge in [-0.05, 0) is 64.2 Å². The summed E-state index contributed by atoms with van der Waals surface area (Å²) in [7, 11) is -5.32. The first kappa shape index (κ1) is 48.4. The smallest absolute Gasteiger partial charge is 0.322 e. The molecule has 0 aliphatic heterocycles. The van der Waals surface area contributed by atoms with Gasteiger partial charge < -0.3 is 19.3 Å². The number of halogens is 2. The van der Waals surface area contributed by atoms with Crippen molar-refractivity contribution in [3.8, 4) is 0 Å². The molecule has 0 fully saturated rings. The van der Waals surface area contributed by atoms with Gasteiger partial charge in [-0.3, -0.25) is 0 Å². The molecule has 0 rings (SSSR count). The predicted molar refractivity (Wildman–Crippen MR) is 202 cm³/mol. The number of phosphoric ester groups is 1. The fourth-order valence-electron chi connectivity index (χ4n) is 5.86. The summed E-state index contributed by atoms with van der Waals surface area (Å²) in [6, 6.07) is 0. The van der Waals surface area contributed by atoms with E-state index in [2.05, 4.69) is 42.7 Å². The molecule has 0 unspecified atom stereocenters. The van der Waals surface area contributed by atoms with Gasteiger partial charge in [0.25, 0.3) is 0 Å². The third-order valence-electron chi connectivity index (χ3n) is 9.03. The summed E-state index contributed by atoms with van der Waals surface area (Å²) in [4.78, 5) is 19.0. The van der Waals surface area contributed by atoms with Crippen LogP contribution in [0.4, 0.5) is 8.78 Å². The Kier molecular flexibility index (Phi) is 32.8. The minimum atomic E-state index is -5.32. The predicted octanol–water partition coefficient (Wildman–Crippen LogP) is 13.9. The highest BCUT2D eigenvalue weighted by molar-refractivity contribution is 7.46. The summed E-state index contributed by atoms with van der Waals surface area (Å²) in [5.74, 6) is -6.84. The molecule has 0 aliphatic carbocycles. The number of hydrogen-bond acceptors (Lipinski definition) is 4. The van der Waals surface area contributed by atoms with E-state index in [9.17, 15) is 14.4 Å². The molecule has 0 saturated carbocycles. The van der Waals surface area contributed by atoms with E-state index in [4.69, 9.17) is 9.47 Å². The van der Waals surface area contributed by atoms with Crippen LogP contribution in [-0.2, 0) is 18.6 Å². The molecule has 0 saturated heterocycles. The first-order valence-corrected chi connectivity index (χ1v) is 21.9. The van der Waals surface area contributed by atoms with Crippen molar-refractivity contribution in [2.45, 2.75) is 219 Å². The van der Waals surface area contributed by atoms with Crippen LogP contribution in [0.5, 0.6) is 0 Å². The number of phosphoric acid groups is 1. The quantitative estimate of drug-likeness (QED) is 0.0286. The Morgan fingerprint density at radius 2 is 0.776 bits per heavy atom. The van der Waals surface area contributed by atoms with E-state index in [0.717, 1.165) is 89.9 Å². The Hall–Kier alpha value is -0.630. The third-order valence-corrected chi connectivity index (χ3v) is 9.51. The monoisotopic (exact) mass is 723 g/mol. The molecule has 6 nitrogen and oxygen atoms in total. The van der Waals surface area contributed by atoms with Gasteiger partial charge in [-0.2, -0.15) is 8.78 Å². The summed E-state index contributed by atoms with van der Waals surface area (Å²) >= 11 is 0. The summed E-state index contributed by atoms with van der Waals surface area (Å²) in [6.45, 7) is 5.43. The Labute approximate surface area is 300 Å². The van der Waals surface area contributed by atoms with Crippen molar-refractivity contribution in [2.75, 3.05) is 13.2 Å². The minimum absolute atomic E-state index is 0.135. The van der Waals surface area contributed by atoms with Crippen LogP contribution >= 0.6 is 7.82 Å². The molecule has 0 aliphatic rings. The maximum atomic E-state index is 15.1. The summed E-state index contributed by atoms with van der Waals surface area (Å²) < 4.78 is 57.3. The molecule has 0 bridgehead atoms. The first-order valence-electron chi connectivity index (χ1n) is 20.4. The van der Waals surface area contributed by atoms with E-state index in [0.29, 0.717) is 12.8 Å². The van der Waals surface area contributed by atoms with Crippen molar-refractivity contribution in [3.05, 3.63) is 24.3 Å². The van der Waals surface area contributed by atoms with Gasteiger partial charge in [0.15, 0.2) is 0 Å². The second-order valence-corrected chi connectivity index (χ2v) is 14.9. The molecular formula is C40H77F2O6P. The highest BCUT2D eigenvalue weighted by Crippen LogP contribution is 2.49. The number of hydrogen-bond donors (Lipinski definition) is 2. The highest BCUT2D eigenvalue weighted by atomic mass is 31.2. The SMILES string of the molecule is CCCCCCCC/C=C\CCCCCCCCOC(OCCCCCCCC/C=C\CCCCCCCC)(OP(=O)(O)O)C(F)(F)CC.